The predicted molar refractivity (Wildman–Crippen MR) is 139 cm³/mol. The van der Waals surface area contributed by atoms with Crippen molar-refractivity contribution < 1.29 is 69.0 Å². The number of rotatable bonds is 26. The fourth-order valence-corrected chi connectivity index (χ4v) is 4.03. The third-order valence-electron chi connectivity index (χ3n) is 4.32. The first-order valence-corrected chi connectivity index (χ1v) is 16.0. The molecule has 0 fully saturated rings. The third-order valence-corrected chi connectivity index (χ3v) is 6.54. The molecule has 0 aromatic heterocycles. The highest BCUT2D eigenvalue weighted by molar-refractivity contribution is 7.94. The van der Waals surface area contributed by atoms with Crippen molar-refractivity contribution in [2.45, 2.75) is 19.3 Å². The maximum absolute atomic E-state index is 10.7. The molecule has 0 amide bonds. The largest absolute Gasteiger partial charge is 0.491 e. The van der Waals surface area contributed by atoms with E-state index in [0.29, 0.717) is 42.6 Å². The van der Waals surface area contributed by atoms with Crippen molar-refractivity contribution >= 4 is 32.3 Å². The van der Waals surface area contributed by atoms with Gasteiger partial charge in [0.15, 0.2) is 0 Å². The Balaban J connectivity index is 2.46. The SMILES string of the molecule is O=S(=O)(O)CCCOCCOc1cc(OCCOCCCSOOO)cc(OCCOCCCS(=O)(=O)O)c1. The number of hydrogen-bond acceptors (Lipinski definition) is 14. The van der Waals surface area contributed by atoms with Crippen LogP contribution in [0.2, 0.25) is 0 Å². The van der Waals surface area contributed by atoms with Gasteiger partial charge in [-0.3, -0.25) is 9.11 Å². The second-order valence-electron chi connectivity index (χ2n) is 7.62. The zero-order valence-electron chi connectivity index (χ0n) is 21.3. The normalized spacial score (nSPS) is 12.0. The Bertz CT molecular complexity index is 909. The lowest BCUT2D eigenvalue weighted by atomic mass is 10.3. The molecule has 15 nitrogen and oxygen atoms in total. The molecule has 0 heterocycles. The first kappa shape index (κ1) is 35.6. The molecule has 18 heteroatoms. The van der Waals surface area contributed by atoms with E-state index in [9.17, 15) is 16.8 Å². The van der Waals surface area contributed by atoms with E-state index in [4.69, 9.17) is 42.8 Å². The van der Waals surface area contributed by atoms with Gasteiger partial charge in [-0.25, -0.2) is 5.26 Å². The van der Waals surface area contributed by atoms with Crippen molar-refractivity contribution in [3.8, 4) is 17.2 Å². The monoisotopic (exact) mass is 624 g/mol. The van der Waals surface area contributed by atoms with Crippen molar-refractivity contribution in [3.63, 3.8) is 0 Å². The molecule has 0 atom stereocenters. The molecule has 3 N–H and O–H groups in total. The molecular formula is C21H36O15S3. The lowest BCUT2D eigenvalue weighted by molar-refractivity contribution is -0.432. The van der Waals surface area contributed by atoms with Gasteiger partial charge in [0.1, 0.15) is 37.1 Å². The summed E-state index contributed by atoms with van der Waals surface area (Å²) in [5.74, 6) is 1.13. The number of benzene rings is 1. The topological polar surface area (TPSA) is 203 Å². The van der Waals surface area contributed by atoms with E-state index in [-0.39, 0.29) is 70.6 Å². The Morgan fingerprint density at radius 2 is 0.974 bits per heavy atom. The molecular weight excluding hydrogens is 588 g/mol. The Morgan fingerprint density at radius 1 is 0.590 bits per heavy atom. The minimum atomic E-state index is -4.02. The zero-order chi connectivity index (χ0) is 28.8. The summed E-state index contributed by atoms with van der Waals surface area (Å²) in [6.45, 7) is 2.01. The molecule has 0 aliphatic carbocycles. The van der Waals surface area contributed by atoms with Gasteiger partial charge in [-0.15, -0.1) is 4.33 Å². The van der Waals surface area contributed by atoms with E-state index in [2.05, 4.69) is 9.37 Å². The second kappa shape index (κ2) is 21.3. The molecule has 1 rings (SSSR count). The summed E-state index contributed by atoms with van der Waals surface area (Å²) < 4.78 is 97.7. The van der Waals surface area contributed by atoms with Gasteiger partial charge in [-0.2, -0.15) is 16.8 Å². The van der Waals surface area contributed by atoms with Crippen molar-refractivity contribution in [2.75, 3.05) is 76.7 Å². The van der Waals surface area contributed by atoms with Crippen LogP contribution in [0.5, 0.6) is 17.2 Å². The summed E-state index contributed by atoms with van der Waals surface area (Å²) in [5.41, 5.74) is 0. The predicted octanol–water partition coefficient (Wildman–Crippen LogP) is 1.89. The van der Waals surface area contributed by atoms with Gasteiger partial charge < -0.3 is 28.4 Å². The molecule has 39 heavy (non-hydrogen) atoms. The Kier molecular flexibility index (Phi) is 19.4. The molecule has 0 saturated heterocycles. The van der Waals surface area contributed by atoms with E-state index in [1.54, 1.807) is 18.2 Å². The first-order chi connectivity index (χ1) is 18.6. The minimum absolute atomic E-state index is 0.145. The second-order valence-corrected chi connectivity index (χ2v) is 11.5. The van der Waals surface area contributed by atoms with Gasteiger partial charge in [0.2, 0.25) is 0 Å². The molecule has 0 radical (unpaired) electrons. The van der Waals surface area contributed by atoms with Crippen LogP contribution in [0.3, 0.4) is 0 Å². The Hall–Kier alpha value is -1.45. The molecule has 0 bridgehead atoms. The van der Waals surface area contributed by atoms with Gasteiger partial charge in [0.05, 0.1) is 31.3 Å². The maximum Gasteiger partial charge on any atom is 0.264 e. The molecule has 0 spiro atoms. The molecule has 1 aromatic carbocycles. The van der Waals surface area contributed by atoms with E-state index in [1.807, 2.05) is 0 Å². The standard InChI is InChI=1S/C21H36O15S3/c22-35-36-37-13-1-4-29-7-10-32-19-16-20(33-11-8-30-5-2-14-38(23,24)25)18-21(17-19)34-12-9-31-6-3-15-39(26,27)28/h16-18,22H,1-15H2,(H,23,24,25)(H,26,27,28). The minimum Gasteiger partial charge on any atom is -0.491 e. The molecule has 1 aromatic rings. The summed E-state index contributed by atoms with van der Waals surface area (Å²) in [7, 11) is -8.04. The van der Waals surface area contributed by atoms with Crippen molar-refractivity contribution in [1.29, 1.82) is 0 Å². The number of ether oxygens (including phenoxy) is 6. The summed E-state index contributed by atoms with van der Waals surface area (Å²) in [6.07, 6.45) is 0.985. The lowest BCUT2D eigenvalue weighted by Crippen LogP contribution is -2.12. The van der Waals surface area contributed by atoms with Crippen LogP contribution in [0.15, 0.2) is 18.2 Å². The lowest BCUT2D eigenvalue weighted by Gasteiger charge is -2.14. The molecule has 0 aliphatic heterocycles. The van der Waals surface area contributed by atoms with Crippen LogP contribution in [0.4, 0.5) is 0 Å². The van der Waals surface area contributed by atoms with Gasteiger partial charge in [0, 0.05) is 55.8 Å². The average molecular weight is 625 g/mol. The highest BCUT2D eigenvalue weighted by Crippen LogP contribution is 2.28. The molecule has 0 saturated carbocycles. The van der Waals surface area contributed by atoms with Gasteiger partial charge in [-0.05, 0) is 19.3 Å². The van der Waals surface area contributed by atoms with Crippen molar-refractivity contribution in [1.82, 2.24) is 0 Å². The van der Waals surface area contributed by atoms with Crippen LogP contribution in [-0.2, 0) is 43.8 Å². The summed E-state index contributed by atoms with van der Waals surface area (Å²) >= 11 is 0.945. The van der Waals surface area contributed by atoms with Gasteiger partial charge >= 0.3 is 0 Å². The zero-order valence-corrected chi connectivity index (χ0v) is 23.8. The quantitative estimate of drug-likeness (QED) is 0.0443. The van der Waals surface area contributed by atoms with Crippen LogP contribution in [0, 0.1) is 0 Å². The summed E-state index contributed by atoms with van der Waals surface area (Å²) in [4.78, 5) is 0. The van der Waals surface area contributed by atoms with Crippen LogP contribution in [0.1, 0.15) is 19.3 Å². The highest BCUT2D eigenvalue weighted by atomic mass is 32.2. The average Bonchev–Trinajstić information content (AvgIpc) is 2.85. The Morgan fingerprint density at radius 3 is 1.33 bits per heavy atom. The molecule has 228 valence electrons. The fourth-order valence-electron chi connectivity index (χ4n) is 2.72. The Labute approximate surface area is 232 Å². The van der Waals surface area contributed by atoms with Crippen LogP contribution < -0.4 is 14.2 Å². The van der Waals surface area contributed by atoms with Crippen molar-refractivity contribution in [2.24, 2.45) is 0 Å². The van der Waals surface area contributed by atoms with Gasteiger partial charge in [-0.1, -0.05) is 5.04 Å². The summed E-state index contributed by atoms with van der Waals surface area (Å²) in [5, 5.41) is 11.5. The molecule has 0 unspecified atom stereocenters. The number of hydrogen-bond donors (Lipinski definition) is 3. The smallest absolute Gasteiger partial charge is 0.264 e. The van der Waals surface area contributed by atoms with E-state index in [1.165, 1.54) is 0 Å². The van der Waals surface area contributed by atoms with Crippen LogP contribution in [0.25, 0.3) is 0 Å². The maximum atomic E-state index is 10.7. The van der Waals surface area contributed by atoms with Gasteiger partial charge in [0.25, 0.3) is 20.2 Å². The van der Waals surface area contributed by atoms with E-state index in [0.717, 1.165) is 12.0 Å². The van der Waals surface area contributed by atoms with Crippen LogP contribution >= 0.6 is 12.0 Å². The molecule has 0 aliphatic rings. The first-order valence-electron chi connectivity index (χ1n) is 11.9. The van der Waals surface area contributed by atoms with Crippen LogP contribution in [-0.4, -0.2) is 108 Å². The van der Waals surface area contributed by atoms with E-state index >= 15 is 0 Å². The summed E-state index contributed by atoms with van der Waals surface area (Å²) in [6, 6.07) is 4.94. The highest BCUT2D eigenvalue weighted by Gasteiger charge is 2.07. The van der Waals surface area contributed by atoms with E-state index < -0.39 is 20.2 Å². The van der Waals surface area contributed by atoms with Crippen molar-refractivity contribution in [3.05, 3.63) is 18.2 Å². The third kappa shape index (κ3) is 23.0. The fraction of sp³-hybridized carbons (Fsp3) is 0.714.